The molecule has 0 radical (unpaired) electrons. The molecule has 0 aliphatic heterocycles. The molecule has 4 N–H and O–H groups in total. The molecule has 0 heterocycles. The molecule has 0 saturated heterocycles. The van der Waals surface area contributed by atoms with Crippen LogP contribution >= 0.6 is 0 Å². The van der Waals surface area contributed by atoms with E-state index in [-0.39, 0.29) is 44.8 Å². The van der Waals surface area contributed by atoms with Crippen LogP contribution in [-0.4, -0.2) is 56.4 Å². The van der Waals surface area contributed by atoms with Gasteiger partial charge in [0.1, 0.15) is 18.8 Å². The van der Waals surface area contributed by atoms with Crippen molar-refractivity contribution in [3.8, 4) is 0 Å². The number of benzene rings is 2. The third-order valence-corrected chi connectivity index (χ3v) is 3.93. The Morgan fingerprint density at radius 1 is 0.778 bits per heavy atom. The maximum absolute atomic E-state index is 11.6. The zero-order chi connectivity index (χ0) is 25.9. The largest absolute Gasteiger partial charge is 0.460 e. The summed E-state index contributed by atoms with van der Waals surface area (Å²) in [5.74, 6) is -0.622. The van der Waals surface area contributed by atoms with E-state index >= 15 is 0 Å². The second-order valence-electron chi connectivity index (χ2n) is 8.41. The Labute approximate surface area is 214 Å². The Hall–Kier alpha value is -3.27. The highest BCUT2D eigenvalue weighted by atomic mass is 16.6. The zero-order valence-electron chi connectivity index (χ0n) is 20.8. The van der Waals surface area contributed by atoms with Crippen molar-refractivity contribution in [2.45, 2.75) is 46.6 Å². The monoisotopic (exact) mass is 503 g/mol. The summed E-state index contributed by atoms with van der Waals surface area (Å²) in [6.45, 7) is 6.69. The third kappa shape index (κ3) is 18.1. The van der Waals surface area contributed by atoms with Crippen molar-refractivity contribution in [1.29, 1.82) is 0 Å². The maximum atomic E-state index is 11.6. The van der Waals surface area contributed by atoms with Crippen molar-refractivity contribution in [1.82, 2.24) is 0 Å². The maximum Gasteiger partial charge on any atom is 0.306 e. The van der Waals surface area contributed by atoms with Crippen molar-refractivity contribution >= 4 is 29.2 Å². The van der Waals surface area contributed by atoms with E-state index in [1.54, 1.807) is 12.1 Å². The summed E-state index contributed by atoms with van der Waals surface area (Å²) in [5, 5.41) is 5.41. The molecule has 2 amide bonds. The van der Waals surface area contributed by atoms with Crippen LogP contribution in [0.15, 0.2) is 60.7 Å². The van der Waals surface area contributed by atoms with Gasteiger partial charge in [0, 0.05) is 30.9 Å². The van der Waals surface area contributed by atoms with Gasteiger partial charge in [0.2, 0.25) is 11.8 Å². The Morgan fingerprint density at radius 2 is 1.22 bits per heavy atom. The Bertz CT molecular complexity index is 870. The smallest absolute Gasteiger partial charge is 0.306 e. The SMILES string of the molecule is C.CC(C)(C)OC(=O)CCCOCC(=O)Nc1ccccc1.NCCOCC(=O)Nc1ccccc1. The molecule has 36 heavy (non-hydrogen) atoms. The van der Waals surface area contributed by atoms with E-state index in [1.807, 2.05) is 69.3 Å². The summed E-state index contributed by atoms with van der Waals surface area (Å²) >= 11 is 0. The van der Waals surface area contributed by atoms with Crippen LogP contribution in [0, 0.1) is 0 Å². The van der Waals surface area contributed by atoms with Gasteiger partial charge < -0.3 is 30.6 Å². The van der Waals surface area contributed by atoms with Crippen LogP contribution in [0.5, 0.6) is 0 Å². The standard InChI is InChI=1S/C16H23NO4.C10H14N2O2.CH4/c1-16(2,3)21-15(19)10-7-11-20-12-14(18)17-13-8-5-4-6-9-13;11-6-7-14-8-10(13)12-9-4-2-1-3-5-9;/h4-6,8-9H,7,10-12H2,1-3H3,(H,17,18);1-5H,6-8,11H2,(H,12,13);1H4. The van der Waals surface area contributed by atoms with Gasteiger partial charge in [0.15, 0.2) is 0 Å². The highest BCUT2D eigenvalue weighted by Gasteiger charge is 2.15. The van der Waals surface area contributed by atoms with Crippen LogP contribution in [0.2, 0.25) is 0 Å². The number of nitrogens with two attached hydrogens (primary N) is 1. The molecule has 9 nitrogen and oxygen atoms in total. The number of rotatable bonds is 12. The van der Waals surface area contributed by atoms with E-state index in [2.05, 4.69) is 10.6 Å². The summed E-state index contributed by atoms with van der Waals surface area (Å²) in [6, 6.07) is 18.4. The highest BCUT2D eigenvalue weighted by molar-refractivity contribution is 5.92. The predicted molar refractivity (Wildman–Crippen MR) is 143 cm³/mol. The molecular weight excluding hydrogens is 462 g/mol. The van der Waals surface area contributed by atoms with Crippen LogP contribution in [-0.2, 0) is 28.6 Å². The molecule has 0 unspecified atom stereocenters. The number of hydrogen-bond acceptors (Lipinski definition) is 7. The summed E-state index contributed by atoms with van der Waals surface area (Å²) in [7, 11) is 0. The van der Waals surface area contributed by atoms with Gasteiger partial charge >= 0.3 is 5.97 Å². The lowest BCUT2D eigenvalue weighted by Crippen LogP contribution is -2.24. The number of carbonyl (C=O) groups is 3. The molecule has 2 rings (SSSR count). The van der Waals surface area contributed by atoms with Crippen LogP contribution in [0.4, 0.5) is 11.4 Å². The number of esters is 1. The van der Waals surface area contributed by atoms with Crippen molar-refractivity contribution in [3.05, 3.63) is 60.7 Å². The molecule has 0 aliphatic carbocycles. The van der Waals surface area contributed by atoms with Gasteiger partial charge in [-0.2, -0.15) is 0 Å². The Kier molecular flexibility index (Phi) is 17.3. The number of ether oxygens (including phenoxy) is 3. The van der Waals surface area contributed by atoms with E-state index in [1.165, 1.54) is 0 Å². The second kappa shape index (κ2) is 19.0. The van der Waals surface area contributed by atoms with Gasteiger partial charge in [-0.25, -0.2) is 0 Å². The summed E-state index contributed by atoms with van der Waals surface area (Å²) in [5.41, 5.74) is 6.25. The van der Waals surface area contributed by atoms with E-state index in [9.17, 15) is 14.4 Å². The van der Waals surface area contributed by atoms with Gasteiger partial charge in [-0.05, 0) is 51.5 Å². The van der Waals surface area contributed by atoms with Crippen LogP contribution < -0.4 is 16.4 Å². The van der Waals surface area contributed by atoms with Gasteiger partial charge in [-0.3, -0.25) is 14.4 Å². The minimum Gasteiger partial charge on any atom is -0.460 e. The number of carbonyl (C=O) groups excluding carboxylic acids is 3. The second-order valence-corrected chi connectivity index (χ2v) is 8.41. The van der Waals surface area contributed by atoms with Gasteiger partial charge in [-0.1, -0.05) is 43.8 Å². The van der Waals surface area contributed by atoms with Crippen molar-refractivity contribution in [3.63, 3.8) is 0 Å². The molecule has 0 bridgehead atoms. The fraction of sp³-hybridized carbons (Fsp3) is 0.444. The average Bonchev–Trinajstić information content (AvgIpc) is 2.79. The molecule has 9 heteroatoms. The van der Waals surface area contributed by atoms with Crippen molar-refractivity contribution in [2.24, 2.45) is 5.73 Å². The van der Waals surface area contributed by atoms with E-state index in [0.717, 1.165) is 11.4 Å². The summed E-state index contributed by atoms with van der Waals surface area (Å²) < 4.78 is 15.4. The molecule has 0 atom stereocenters. The highest BCUT2D eigenvalue weighted by Crippen LogP contribution is 2.09. The normalized spacial score (nSPS) is 10.2. The molecule has 200 valence electrons. The molecule has 0 spiro atoms. The lowest BCUT2D eigenvalue weighted by molar-refractivity contribution is -0.155. The first-order chi connectivity index (χ1) is 16.7. The first-order valence-corrected chi connectivity index (χ1v) is 11.5. The van der Waals surface area contributed by atoms with Crippen LogP contribution in [0.1, 0.15) is 41.0 Å². The first kappa shape index (κ1) is 32.7. The predicted octanol–water partition coefficient (Wildman–Crippen LogP) is 4.00. The van der Waals surface area contributed by atoms with E-state index in [4.69, 9.17) is 19.9 Å². The summed E-state index contributed by atoms with van der Waals surface area (Å²) in [6.07, 6.45) is 0.825. The molecule has 0 fully saturated rings. The van der Waals surface area contributed by atoms with Gasteiger partial charge in [0.25, 0.3) is 0 Å². The minimum atomic E-state index is -0.465. The lowest BCUT2D eigenvalue weighted by atomic mass is 10.2. The van der Waals surface area contributed by atoms with E-state index in [0.29, 0.717) is 26.2 Å². The number of anilines is 2. The zero-order valence-corrected chi connectivity index (χ0v) is 20.8. The van der Waals surface area contributed by atoms with Crippen LogP contribution in [0.25, 0.3) is 0 Å². The molecular formula is C27H41N3O6. The van der Waals surface area contributed by atoms with Crippen LogP contribution in [0.3, 0.4) is 0 Å². The van der Waals surface area contributed by atoms with E-state index < -0.39 is 5.60 Å². The number of amides is 2. The topological polar surface area (TPSA) is 129 Å². The quantitative estimate of drug-likeness (QED) is 0.295. The summed E-state index contributed by atoms with van der Waals surface area (Å²) in [4.78, 5) is 34.2. The van der Waals surface area contributed by atoms with Crippen molar-refractivity contribution in [2.75, 3.05) is 43.6 Å². The first-order valence-electron chi connectivity index (χ1n) is 11.5. The lowest BCUT2D eigenvalue weighted by Gasteiger charge is -2.19. The molecule has 0 aromatic heterocycles. The molecule has 2 aromatic rings. The Balaban J connectivity index is 0.000000713. The van der Waals surface area contributed by atoms with Gasteiger partial charge in [0.05, 0.1) is 6.61 Å². The molecule has 0 saturated carbocycles. The number of para-hydroxylation sites is 2. The van der Waals surface area contributed by atoms with Gasteiger partial charge in [-0.15, -0.1) is 0 Å². The fourth-order valence-corrected chi connectivity index (χ4v) is 2.56. The average molecular weight is 504 g/mol. The third-order valence-electron chi connectivity index (χ3n) is 3.93. The fourth-order valence-electron chi connectivity index (χ4n) is 2.56. The Morgan fingerprint density at radius 3 is 1.64 bits per heavy atom. The minimum absolute atomic E-state index is 0. The number of nitrogens with one attached hydrogen (secondary N) is 2. The molecule has 0 aliphatic rings. The van der Waals surface area contributed by atoms with Crippen molar-refractivity contribution < 1.29 is 28.6 Å². The number of hydrogen-bond donors (Lipinski definition) is 3. The molecule has 2 aromatic carbocycles.